The lowest BCUT2D eigenvalue weighted by molar-refractivity contribution is -0.115. The number of pyridine rings is 1. The Hall–Kier alpha value is -3.32. The number of hydrogen-bond donors (Lipinski definition) is 2. The molecule has 2 N–H and O–H groups in total. The zero-order chi connectivity index (χ0) is 19.7. The molecule has 7 heteroatoms. The monoisotopic (exact) mass is 390 g/mol. The summed E-state index contributed by atoms with van der Waals surface area (Å²) >= 11 is 1.30. The SMILES string of the molecule is Cc1cc(C=C2SC(=Nc3ccc(O)cc3)NC2=O)c(C)n1-c1ccccn1. The summed E-state index contributed by atoms with van der Waals surface area (Å²) in [5, 5.41) is 12.7. The van der Waals surface area contributed by atoms with Crippen LogP contribution in [0.4, 0.5) is 5.69 Å². The van der Waals surface area contributed by atoms with Crippen molar-refractivity contribution in [3.05, 3.63) is 76.6 Å². The number of hydrogen-bond acceptors (Lipinski definition) is 5. The highest BCUT2D eigenvalue weighted by atomic mass is 32.2. The van der Waals surface area contributed by atoms with Crippen molar-refractivity contribution >= 4 is 34.6 Å². The minimum absolute atomic E-state index is 0.176. The Bertz CT molecular complexity index is 1100. The summed E-state index contributed by atoms with van der Waals surface area (Å²) in [6.45, 7) is 4.03. The number of aromatic nitrogens is 2. The van der Waals surface area contributed by atoms with E-state index in [1.54, 1.807) is 30.5 Å². The zero-order valence-electron chi connectivity index (χ0n) is 15.4. The van der Waals surface area contributed by atoms with E-state index in [0.717, 1.165) is 22.8 Å². The van der Waals surface area contributed by atoms with Crippen LogP contribution in [-0.4, -0.2) is 25.7 Å². The molecule has 1 amide bonds. The lowest BCUT2D eigenvalue weighted by atomic mass is 10.2. The van der Waals surface area contributed by atoms with Gasteiger partial charge in [-0.3, -0.25) is 4.79 Å². The van der Waals surface area contributed by atoms with Crippen molar-refractivity contribution in [3.8, 4) is 11.6 Å². The van der Waals surface area contributed by atoms with Gasteiger partial charge >= 0.3 is 0 Å². The molecular weight excluding hydrogens is 372 g/mol. The van der Waals surface area contributed by atoms with E-state index >= 15 is 0 Å². The van der Waals surface area contributed by atoms with Crippen molar-refractivity contribution < 1.29 is 9.90 Å². The number of phenols is 1. The summed E-state index contributed by atoms with van der Waals surface area (Å²) in [4.78, 5) is 21.8. The topological polar surface area (TPSA) is 79.5 Å². The Morgan fingerprint density at radius 1 is 1.18 bits per heavy atom. The van der Waals surface area contributed by atoms with Crippen molar-refractivity contribution in [2.75, 3.05) is 0 Å². The average molecular weight is 390 g/mol. The molecule has 6 nitrogen and oxygen atoms in total. The molecule has 2 aromatic heterocycles. The Morgan fingerprint density at radius 2 is 1.96 bits per heavy atom. The molecule has 0 radical (unpaired) electrons. The summed E-state index contributed by atoms with van der Waals surface area (Å²) in [6, 6.07) is 14.3. The summed E-state index contributed by atoms with van der Waals surface area (Å²) in [5.74, 6) is 0.848. The summed E-state index contributed by atoms with van der Waals surface area (Å²) in [7, 11) is 0. The van der Waals surface area contributed by atoms with E-state index in [4.69, 9.17) is 0 Å². The third kappa shape index (κ3) is 3.57. The summed E-state index contributed by atoms with van der Waals surface area (Å²) in [5.41, 5.74) is 3.69. The highest BCUT2D eigenvalue weighted by Gasteiger charge is 2.24. The molecule has 1 fully saturated rings. The fraction of sp³-hybridized carbons (Fsp3) is 0.0952. The Labute approximate surface area is 166 Å². The van der Waals surface area contributed by atoms with Gasteiger partial charge in [-0.15, -0.1) is 0 Å². The van der Waals surface area contributed by atoms with Crippen LogP contribution >= 0.6 is 11.8 Å². The minimum Gasteiger partial charge on any atom is -0.508 e. The molecule has 0 unspecified atom stereocenters. The van der Waals surface area contributed by atoms with Crippen LogP contribution in [0.3, 0.4) is 0 Å². The van der Waals surface area contributed by atoms with Crippen LogP contribution in [0.25, 0.3) is 11.9 Å². The first-order valence-electron chi connectivity index (χ1n) is 8.70. The van der Waals surface area contributed by atoms with E-state index in [2.05, 4.69) is 19.9 Å². The van der Waals surface area contributed by atoms with Gasteiger partial charge in [0.05, 0.1) is 10.6 Å². The number of amides is 1. The normalized spacial score (nSPS) is 16.7. The number of thioether (sulfide) groups is 1. The minimum atomic E-state index is -0.176. The number of amidine groups is 1. The number of carbonyl (C=O) groups is 1. The van der Waals surface area contributed by atoms with Crippen LogP contribution in [0.15, 0.2) is 64.6 Å². The lowest BCUT2D eigenvalue weighted by Crippen LogP contribution is -2.19. The molecule has 3 heterocycles. The van der Waals surface area contributed by atoms with E-state index in [1.165, 1.54) is 11.8 Å². The first kappa shape index (κ1) is 18.1. The van der Waals surface area contributed by atoms with Crippen molar-refractivity contribution in [1.82, 2.24) is 14.9 Å². The van der Waals surface area contributed by atoms with E-state index < -0.39 is 0 Å². The summed E-state index contributed by atoms with van der Waals surface area (Å²) in [6.07, 6.45) is 3.64. The number of aliphatic imine (C=N–C) groups is 1. The number of aryl methyl sites for hydroxylation is 1. The third-order valence-electron chi connectivity index (χ3n) is 4.37. The number of aromatic hydroxyl groups is 1. The molecule has 3 aromatic rings. The van der Waals surface area contributed by atoms with Gasteiger partial charge in [0.15, 0.2) is 5.17 Å². The number of rotatable bonds is 3. The van der Waals surface area contributed by atoms with Crippen molar-refractivity contribution in [1.29, 1.82) is 0 Å². The molecule has 1 aliphatic rings. The van der Waals surface area contributed by atoms with Gasteiger partial charge < -0.3 is 15.0 Å². The first-order valence-corrected chi connectivity index (χ1v) is 9.52. The number of nitrogens with zero attached hydrogens (tertiary/aromatic N) is 3. The van der Waals surface area contributed by atoms with Crippen molar-refractivity contribution in [2.24, 2.45) is 4.99 Å². The molecule has 0 aliphatic carbocycles. The molecule has 0 atom stereocenters. The van der Waals surface area contributed by atoms with E-state index in [9.17, 15) is 9.90 Å². The summed E-state index contributed by atoms with van der Waals surface area (Å²) < 4.78 is 2.06. The maximum Gasteiger partial charge on any atom is 0.264 e. The standard InChI is InChI=1S/C21H18N4O2S/c1-13-11-15(14(2)25(13)19-5-3-4-10-22-19)12-18-20(27)24-21(28-18)23-16-6-8-17(26)9-7-16/h3-12,26H,1-2H3,(H,23,24,27). The smallest absolute Gasteiger partial charge is 0.264 e. The molecule has 1 aromatic carbocycles. The number of nitrogens with one attached hydrogen (secondary N) is 1. The van der Waals surface area contributed by atoms with Crippen LogP contribution in [0, 0.1) is 13.8 Å². The third-order valence-corrected chi connectivity index (χ3v) is 5.28. The molecule has 0 saturated carbocycles. The number of carbonyl (C=O) groups excluding carboxylic acids is 1. The van der Waals surface area contributed by atoms with Gasteiger partial charge in [0, 0.05) is 17.6 Å². The fourth-order valence-corrected chi connectivity index (χ4v) is 3.87. The van der Waals surface area contributed by atoms with E-state index in [1.807, 2.05) is 44.2 Å². The van der Waals surface area contributed by atoms with Gasteiger partial charge in [-0.1, -0.05) is 6.07 Å². The fourth-order valence-electron chi connectivity index (χ4n) is 3.04. The van der Waals surface area contributed by atoms with Gasteiger partial charge in [0.1, 0.15) is 11.6 Å². The van der Waals surface area contributed by atoms with E-state index in [0.29, 0.717) is 15.8 Å². The lowest BCUT2D eigenvalue weighted by Gasteiger charge is -2.07. The van der Waals surface area contributed by atoms with Crippen molar-refractivity contribution in [3.63, 3.8) is 0 Å². The average Bonchev–Trinajstić information content (AvgIpc) is 3.16. The molecule has 0 bridgehead atoms. The second kappa shape index (κ2) is 7.36. The molecule has 1 aliphatic heterocycles. The van der Waals surface area contributed by atoms with E-state index in [-0.39, 0.29) is 11.7 Å². The Morgan fingerprint density at radius 3 is 2.68 bits per heavy atom. The molecule has 4 rings (SSSR count). The predicted octanol–water partition coefficient (Wildman–Crippen LogP) is 4.09. The number of phenolic OH excluding ortho intramolecular Hbond substituents is 1. The molecular formula is C21H18N4O2S. The quantitative estimate of drug-likeness (QED) is 0.660. The maximum absolute atomic E-state index is 12.4. The maximum atomic E-state index is 12.4. The Balaban J connectivity index is 1.63. The van der Waals surface area contributed by atoms with Crippen molar-refractivity contribution in [2.45, 2.75) is 13.8 Å². The van der Waals surface area contributed by atoms with Gasteiger partial charge in [0.25, 0.3) is 5.91 Å². The van der Waals surface area contributed by atoms with Crippen LogP contribution in [0.5, 0.6) is 5.75 Å². The molecule has 28 heavy (non-hydrogen) atoms. The first-order chi connectivity index (χ1) is 13.5. The number of benzene rings is 1. The van der Waals surface area contributed by atoms with Gasteiger partial charge in [-0.05, 0) is 79.7 Å². The van der Waals surface area contributed by atoms with Crippen LogP contribution < -0.4 is 5.32 Å². The van der Waals surface area contributed by atoms with Crippen LogP contribution in [0.1, 0.15) is 17.0 Å². The Kier molecular flexibility index (Phi) is 4.75. The predicted molar refractivity (Wildman–Crippen MR) is 112 cm³/mol. The molecule has 140 valence electrons. The second-order valence-corrected chi connectivity index (χ2v) is 7.38. The highest BCUT2D eigenvalue weighted by Crippen LogP contribution is 2.30. The largest absolute Gasteiger partial charge is 0.508 e. The molecule has 1 saturated heterocycles. The zero-order valence-corrected chi connectivity index (χ0v) is 16.2. The van der Waals surface area contributed by atoms with Crippen LogP contribution in [0.2, 0.25) is 0 Å². The van der Waals surface area contributed by atoms with Gasteiger partial charge in [0.2, 0.25) is 0 Å². The second-order valence-electron chi connectivity index (χ2n) is 6.35. The van der Waals surface area contributed by atoms with Crippen LogP contribution in [-0.2, 0) is 4.79 Å². The van der Waals surface area contributed by atoms with Gasteiger partial charge in [-0.2, -0.15) is 0 Å². The molecule has 0 spiro atoms. The highest BCUT2D eigenvalue weighted by molar-refractivity contribution is 8.18. The van der Waals surface area contributed by atoms with Gasteiger partial charge in [-0.25, -0.2) is 9.98 Å².